The Hall–Kier alpha value is -3.17. The summed E-state index contributed by atoms with van der Waals surface area (Å²) in [6, 6.07) is 14.8. The summed E-state index contributed by atoms with van der Waals surface area (Å²) in [6.45, 7) is 7.26. The zero-order valence-electron chi connectivity index (χ0n) is 16.9. The van der Waals surface area contributed by atoms with Crippen molar-refractivity contribution in [3.63, 3.8) is 0 Å². The molecule has 0 bridgehead atoms. The van der Waals surface area contributed by atoms with Gasteiger partial charge >= 0.3 is 0 Å². The first-order chi connectivity index (χ1) is 14.0. The highest BCUT2D eigenvalue weighted by Gasteiger charge is 2.24. The van der Waals surface area contributed by atoms with E-state index in [2.05, 4.69) is 17.5 Å². The van der Waals surface area contributed by atoms with Crippen LogP contribution in [-0.4, -0.2) is 54.3 Å². The van der Waals surface area contributed by atoms with Gasteiger partial charge in [-0.15, -0.1) is 0 Å². The van der Waals surface area contributed by atoms with Gasteiger partial charge in [0, 0.05) is 38.3 Å². The van der Waals surface area contributed by atoms with Crippen LogP contribution in [0.5, 0.6) is 0 Å². The van der Waals surface area contributed by atoms with E-state index in [0.29, 0.717) is 30.8 Å². The number of carbonyl (C=O) groups is 2. The summed E-state index contributed by atoms with van der Waals surface area (Å²) in [5, 5.41) is 12.4. The standard InChI is InChI=1S/C23H26N4O2/c1-17-6-7-20(12-18(17)2)15-27(16-22(28)26-10-8-25-9-11-26)23(29)21-5-3-4-19(13-21)14-24/h3-7,12-13,25H,8-11,15-16H2,1-2H3. The van der Waals surface area contributed by atoms with Crippen LogP contribution in [0.15, 0.2) is 42.5 Å². The molecule has 0 unspecified atom stereocenters. The predicted molar refractivity (Wildman–Crippen MR) is 111 cm³/mol. The van der Waals surface area contributed by atoms with Crippen molar-refractivity contribution < 1.29 is 9.59 Å². The van der Waals surface area contributed by atoms with Gasteiger partial charge in [-0.3, -0.25) is 9.59 Å². The summed E-state index contributed by atoms with van der Waals surface area (Å²) in [7, 11) is 0. The van der Waals surface area contributed by atoms with Crippen molar-refractivity contribution in [3.8, 4) is 6.07 Å². The van der Waals surface area contributed by atoms with Crippen LogP contribution in [0, 0.1) is 25.2 Å². The summed E-state index contributed by atoms with van der Waals surface area (Å²) in [5.74, 6) is -0.302. The summed E-state index contributed by atoms with van der Waals surface area (Å²) < 4.78 is 0. The van der Waals surface area contributed by atoms with Gasteiger partial charge in [-0.2, -0.15) is 5.26 Å². The van der Waals surface area contributed by atoms with Crippen molar-refractivity contribution in [2.24, 2.45) is 0 Å². The maximum atomic E-state index is 13.2. The number of rotatable bonds is 5. The lowest BCUT2D eigenvalue weighted by molar-refractivity contribution is -0.132. The Kier molecular flexibility index (Phi) is 6.63. The Morgan fingerprint density at radius 2 is 1.86 bits per heavy atom. The van der Waals surface area contributed by atoms with Gasteiger partial charge in [0.05, 0.1) is 11.6 Å². The molecule has 150 valence electrons. The average Bonchev–Trinajstić information content (AvgIpc) is 2.76. The van der Waals surface area contributed by atoms with Crippen LogP contribution in [0.1, 0.15) is 32.6 Å². The summed E-state index contributed by atoms with van der Waals surface area (Å²) in [6.07, 6.45) is 0. The molecule has 0 radical (unpaired) electrons. The van der Waals surface area contributed by atoms with Crippen LogP contribution in [0.25, 0.3) is 0 Å². The first-order valence-corrected chi connectivity index (χ1v) is 9.82. The maximum Gasteiger partial charge on any atom is 0.254 e. The van der Waals surface area contributed by atoms with Crippen LogP contribution in [-0.2, 0) is 11.3 Å². The summed E-state index contributed by atoms with van der Waals surface area (Å²) in [5.41, 5.74) is 4.16. The van der Waals surface area contributed by atoms with E-state index >= 15 is 0 Å². The van der Waals surface area contributed by atoms with Gasteiger partial charge in [0.1, 0.15) is 6.54 Å². The van der Waals surface area contributed by atoms with Crippen LogP contribution in [0.4, 0.5) is 0 Å². The van der Waals surface area contributed by atoms with Gasteiger partial charge in [0.2, 0.25) is 5.91 Å². The first-order valence-electron chi connectivity index (χ1n) is 9.82. The number of carbonyl (C=O) groups excluding carboxylic acids is 2. The molecule has 1 N–H and O–H groups in total. The molecule has 1 saturated heterocycles. The van der Waals surface area contributed by atoms with Gasteiger partial charge in [0.25, 0.3) is 5.91 Å². The molecule has 3 rings (SSSR count). The Morgan fingerprint density at radius 1 is 1.10 bits per heavy atom. The third-order valence-electron chi connectivity index (χ3n) is 5.27. The largest absolute Gasteiger partial charge is 0.339 e. The number of nitrogens with one attached hydrogen (secondary N) is 1. The highest BCUT2D eigenvalue weighted by molar-refractivity contribution is 5.96. The van der Waals surface area contributed by atoms with E-state index in [1.807, 2.05) is 26.0 Å². The zero-order chi connectivity index (χ0) is 20.8. The predicted octanol–water partition coefficient (Wildman–Crippen LogP) is 2.25. The fourth-order valence-electron chi connectivity index (χ4n) is 3.40. The monoisotopic (exact) mass is 390 g/mol. The lowest BCUT2D eigenvalue weighted by Gasteiger charge is -2.30. The molecule has 0 atom stereocenters. The SMILES string of the molecule is Cc1ccc(CN(CC(=O)N2CCNCC2)C(=O)c2cccc(C#N)c2)cc1C. The topological polar surface area (TPSA) is 76.4 Å². The van der Waals surface area contributed by atoms with E-state index < -0.39 is 0 Å². The number of benzene rings is 2. The number of amides is 2. The molecule has 6 heteroatoms. The van der Waals surface area contributed by atoms with E-state index in [0.717, 1.165) is 24.2 Å². The number of hydrogen-bond acceptors (Lipinski definition) is 4. The Labute approximate surface area is 171 Å². The first kappa shape index (κ1) is 20.6. The van der Waals surface area contributed by atoms with E-state index in [1.54, 1.807) is 34.1 Å². The molecule has 2 amide bonds. The van der Waals surface area contributed by atoms with Crippen LogP contribution >= 0.6 is 0 Å². The van der Waals surface area contributed by atoms with E-state index in [1.165, 1.54) is 5.56 Å². The number of nitriles is 1. The number of piperazine rings is 1. The van der Waals surface area contributed by atoms with Crippen molar-refractivity contribution >= 4 is 11.8 Å². The third-order valence-corrected chi connectivity index (χ3v) is 5.27. The van der Waals surface area contributed by atoms with Crippen molar-refractivity contribution in [1.29, 1.82) is 5.26 Å². The molecule has 1 aliphatic heterocycles. The van der Waals surface area contributed by atoms with Crippen LogP contribution < -0.4 is 5.32 Å². The molecule has 0 aromatic heterocycles. The third kappa shape index (κ3) is 5.21. The fourth-order valence-corrected chi connectivity index (χ4v) is 3.40. The molecule has 2 aromatic carbocycles. The molecule has 6 nitrogen and oxygen atoms in total. The minimum atomic E-state index is -0.246. The smallest absolute Gasteiger partial charge is 0.254 e. The van der Waals surface area contributed by atoms with Crippen molar-refractivity contribution in [3.05, 3.63) is 70.3 Å². The van der Waals surface area contributed by atoms with E-state index in [9.17, 15) is 9.59 Å². The minimum Gasteiger partial charge on any atom is -0.339 e. The molecular weight excluding hydrogens is 364 g/mol. The molecule has 0 spiro atoms. The normalized spacial score (nSPS) is 13.6. The lowest BCUT2D eigenvalue weighted by atomic mass is 10.1. The number of nitrogens with zero attached hydrogens (tertiary/aromatic N) is 3. The van der Waals surface area contributed by atoms with E-state index in [4.69, 9.17) is 5.26 Å². The van der Waals surface area contributed by atoms with Gasteiger partial charge < -0.3 is 15.1 Å². The second-order valence-electron chi connectivity index (χ2n) is 7.40. The zero-order valence-corrected chi connectivity index (χ0v) is 16.9. The van der Waals surface area contributed by atoms with Gasteiger partial charge in [-0.05, 0) is 48.7 Å². The average molecular weight is 390 g/mol. The second kappa shape index (κ2) is 9.35. The second-order valence-corrected chi connectivity index (χ2v) is 7.40. The Morgan fingerprint density at radius 3 is 2.55 bits per heavy atom. The number of hydrogen-bond donors (Lipinski definition) is 1. The Bertz CT molecular complexity index is 942. The van der Waals surface area contributed by atoms with Gasteiger partial charge in [-0.25, -0.2) is 0 Å². The molecule has 0 saturated carbocycles. The molecule has 0 aliphatic carbocycles. The molecule has 2 aromatic rings. The van der Waals surface area contributed by atoms with Gasteiger partial charge in [0.15, 0.2) is 0 Å². The molecule has 1 aliphatic rings. The minimum absolute atomic E-state index is 0.0164. The van der Waals surface area contributed by atoms with Gasteiger partial charge in [-0.1, -0.05) is 24.3 Å². The molecule has 29 heavy (non-hydrogen) atoms. The van der Waals surface area contributed by atoms with Crippen molar-refractivity contribution in [2.75, 3.05) is 32.7 Å². The molecular formula is C23H26N4O2. The summed E-state index contributed by atoms with van der Waals surface area (Å²) in [4.78, 5) is 29.4. The van der Waals surface area contributed by atoms with Crippen molar-refractivity contribution in [1.82, 2.24) is 15.1 Å². The van der Waals surface area contributed by atoms with Crippen molar-refractivity contribution in [2.45, 2.75) is 20.4 Å². The number of aryl methyl sites for hydroxylation is 2. The Balaban J connectivity index is 1.85. The quantitative estimate of drug-likeness (QED) is 0.850. The summed E-state index contributed by atoms with van der Waals surface area (Å²) >= 11 is 0. The van der Waals surface area contributed by atoms with Crippen LogP contribution in [0.2, 0.25) is 0 Å². The molecule has 1 fully saturated rings. The maximum absolute atomic E-state index is 13.2. The highest BCUT2D eigenvalue weighted by Crippen LogP contribution is 2.15. The van der Waals surface area contributed by atoms with Crippen LogP contribution in [0.3, 0.4) is 0 Å². The van der Waals surface area contributed by atoms with E-state index in [-0.39, 0.29) is 18.4 Å². The lowest BCUT2D eigenvalue weighted by Crippen LogP contribution is -2.50. The fraction of sp³-hybridized carbons (Fsp3) is 0.348. The highest BCUT2D eigenvalue weighted by atomic mass is 16.2. The molecule has 1 heterocycles.